The van der Waals surface area contributed by atoms with Gasteiger partial charge in [-0.1, -0.05) is 19.9 Å². The van der Waals surface area contributed by atoms with Crippen LogP contribution in [0, 0.1) is 0 Å². The summed E-state index contributed by atoms with van der Waals surface area (Å²) in [5, 5.41) is 8.98. The Morgan fingerprint density at radius 1 is 1.14 bits per heavy atom. The summed E-state index contributed by atoms with van der Waals surface area (Å²) in [7, 11) is 0. The average molecular weight is 312 g/mol. The molecule has 0 aromatic heterocycles. The molecular weight excluding hydrogens is 292 g/mol. The lowest BCUT2D eigenvalue weighted by Gasteiger charge is -2.12. The van der Waals surface area contributed by atoms with Gasteiger partial charge in [0.2, 0.25) is 0 Å². The minimum absolute atomic E-state index is 0.148. The predicted molar refractivity (Wildman–Crippen MR) is 76.7 cm³/mol. The van der Waals surface area contributed by atoms with Crippen molar-refractivity contribution < 1.29 is 33.8 Å². The molecule has 0 aromatic carbocycles. The molecule has 0 aliphatic rings. The van der Waals surface area contributed by atoms with Crippen LogP contribution in [0.3, 0.4) is 0 Å². The second kappa shape index (κ2) is 9.49. The summed E-state index contributed by atoms with van der Waals surface area (Å²) >= 11 is 0. The van der Waals surface area contributed by atoms with Crippen molar-refractivity contribution >= 4 is 23.7 Å². The molecule has 122 valence electrons. The summed E-state index contributed by atoms with van der Waals surface area (Å²) in [5.74, 6) is -4.17. The van der Waals surface area contributed by atoms with Crippen molar-refractivity contribution in [3.8, 4) is 0 Å². The van der Waals surface area contributed by atoms with Crippen LogP contribution < -0.4 is 0 Å². The third-order valence-corrected chi connectivity index (χ3v) is 2.52. The molecule has 0 saturated carbocycles. The van der Waals surface area contributed by atoms with Crippen LogP contribution in [0.4, 0.5) is 0 Å². The Balaban J connectivity index is 5.18. The smallest absolute Gasteiger partial charge is 0.341 e. The lowest BCUT2D eigenvalue weighted by molar-refractivity contribution is -0.142. The summed E-state index contributed by atoms with van der Waals surface area (Å²) in [5.41, 5.74) is -0.762. The van der Waals surface area contributed by atoms with E-state index >= 15 is 0 Å². The molecular formula is C15H20O7. The van der Waals surface area contributed by atoms with E-state index in [4.69, 9.17) is 14.6 Å². The van der Waals surface area contributed by atoms with Crippen LogP contribution in [0.25, 0.3) is 0 Å². The van der Waals surface area contributed by atoms with Gasteiger partial charge in [-0.2, -0.15) is 0 Å². The van der Waals surface area contributed by atoms with Crippen LogP contribution in [0.15, 0.2) is 23.5 Å². The molecule has 0 rings (SSSR count). The Bertz CT molecular complexity index is 514. The molecule has 1 N–H and O–H groups in total. The third-order valence-electron chi connectivity index (χ3n) is 2.52. The third kappa shape index (κ3) is 6.83. The van der Waals surface area contributed by atoms with Gasteiger partial charge >= 0.3 is 17.9 Å². The van der Waals surface area contributed by atoms with Crippen molar-refractivity contribution in [1.82, 2.24) is 0 Å². The largest absolute Gasteiger partial charge is 0.478 e. The van der Waals surface area contributed by atoms with E-state index in [-0.39, 0.29) is 17.8 Å². The first kappa shape index (κ1) is 19.6. The normalized spacial score (nSPS) is 11.2. The summed E-state index contributed by atoms with van der Waals surface area (Å²) in [4.78, 5) is 45.2. The maximum absolute atomic E-state index is 11.8. The Morgan fingerprint density at radius 3 is 2.18 bits per heavy atom. The van der Waals surface area contributed by atoms with Crippen LogP contribution in [0.5, 0.6) is 0 Å². The lowest BCUT2D eigenvalue weighted by atomic mass is 10.1. The molecule has 7 nitrogen and oxygen atoms in total. The first-order chi connectivity index (χ1) is 10.2. The van der Waals surface area contributed by atoms with Gasteiger partial charge < -0.3 is 14.6 Å². The molecule has 0 bridgehead atoms. The Hall–Kier alpha value is -2.44. The highest BCUT2D eigenvalue weighted by Crippen LogP contribution is 2.18. The fourth-order valence-electron chi connectivity index (χ4n) is 1.30. The van der Waals surface area contributed by atoms with Crippen molar-refractivity contribution in [1.29, 1.82) is 0 Å². The molecule has 0 unspecified atom stereocenters. The van der Waals surface area contributed by atoms with E-state index in [0.29, 0.717) is 6.42 Å². The molecule has 7 heteroatoms. The number of unbranched alkanes of at least 4 members (excludes halogenated alkanes) is 1. The molecule has 0 aliphatic heterocycles. The van der Waals surface area contributed by atoms with E-state index in [0.717, 1.165) is 13.3 Å². The number of hydrogen-bond donors (Lipinski definition) is 1. The van der Waals surface area contributed by atoms with Gasteiger partial charge in [0, 0.05) is 0 Å². The number of ether oxygens (including phenoxy) is 2. The minimum atomic E-state index is -1.38. The zero-order valence-electron chi connectivity index (χ0n) is 12.9. The molecule has 0 radical (unpaired) electrons. The van der Waals surface area contributed by atoms with Gasteiger partial charge in [-0.15, -0.1) is 0 Å². The maximum atomic E-state index is 11.8. The zero-order valence-corrected chi connectivity index (χ0v) is 12.9. The molecule has 0 aromatic rings. The zero-order chi connectivity index (χ0) is 17.3. The quantitative estimate of drug-likeness (QED) is 0.173. The van der Waals surface area contributed by atoms with Crippen LogP contribution in [0.2, 0.25) is 0 Å². The highest BCUT2D eigenvalue weighted by Gasteiger charge is 2.24. The highest BCUT2D eigenvalue weighted by molar-refractivity contribution is 5.99. The molecule has 0 saturated heterocycles. The summed E-state index contributed by atoms with van der Waals surface area (Å²) < 4.78 is 9.71. The number of aliphatic carboxylic acids is 1. The van der Waals surface area contributed by atoms with Gasteiger partial charge in [-0.3, -0.25) is 9.59 Å². The van der Waals surface area contributed by atoms with Crippen LogP contribution in [-0.2, 0) is 28.7 Å². The van der Waals surface area contributed by atoms with E-state index < -0.39 is 35.9 Å². The number of rotatable bonds is 9. The lowest BCUT2D eigenvalue weighted by Crippen LogP contribution is -2.18. The molecule has 0 atom stereocenters. The molecule has 0 spiro atoms. The van der Waals surface area contributed by atoms with Gasteiger partial charge in [0.1, 0.15) is 12.2 Å². The van der Waals surface area contributed by atoms with Gasteiger partial charge in [0.15, 0.2) is 5.76 Å². The fourth-order valence-corrected chi connectivity index (χ4v) is 1.30. The number of carboxylic acids is 1. The number of esters is 2. The summed E-state index contributed by atoms with van der Waals surface area (Å²) in [6.45, 7) is 7.81. The molecule has 0 amide bonds. The van der Waals surface area contributed by atoms with Crippen molar-refractivity contribution in [3.63, 3.8) is 0 Å². The summed E-state index contributed by atoms with van der Waals surface area (Å²) in [6.07, 6.45) is 0.916. The van der Waals surface area contributed by atoms with Gasteiger partial charge in [-0.05, 0) is 20.3 Å². The number of carbonyl (C=O) groups excluding carboxylic acids is 3. The average Bonchev–Trinajstić information content (AvgIpc) is 2.42. The number of Topliss-reactive ketones (excluding diaryl/α,β-unsaturated/α-hetero) is 1. The Morgan fingerprint density at radius 2 is 1.73 bits per heavy atom. The standard InChI is InChI=1S/C15H20O7/c1-5-6-7-21-15(20)11(4)13(10(3)14(18)19)22-12(17)8-9(2)16/h4-8H2,1-3H3,(H,18,19). The summed E-state index contributed by atoms with van der Waals surface area (Å²) in [6, 6.07) is 0. The Kier molecular flexibility index (Phi) is 8.44. The van der Waals surface area contributed by atoms with Crippen LogP contribution in [-0.4, -0.2) is 35.4 Å². The van der Waals surface area contributed by atoms with E-state index in [2.05, 4.69) is 6.58 Å². The van der Waals surface area contributed by atoms with Crippen molar-refractivity contribution in [2.24, 2.45) is 0 Å². The van der Waals surface area contributed by atoms with Gasteiger partial charge in [0.05, 0.1) is 17.8 Å². The topological polar surface area (TPSA) is 107 Å². The predicted octanol–water partition coefficient (Wildman–Crippen LogP) is 1.77. The van der Waals surface area contributed by atoms with E-state index in [1.165, 1.54) is 6.92 Å². The first-order valence-corrected chi connectivity index (χ1v) is 6.71. The van der Waals surface area contributed by atoms with E-state index in [1.54, 1.807) is 0 Å². The van der Waals surface area contributed by atoms with E-state index in [1.807, 2.05) is 6.92 Å². The van der Waals surface area contributed by atoms with Crippen LogP contribution >= 0.6 is 0 Å². The minimum Gasteiger partial charge on any atom is -0.478 e. The van der Waals surface area contributed by atoms with Gasteiger partial charge in [0.25, 0.3) is 0 Å². The molecule has 0 aliphatic carbocycles. The number of hydrogen-bond acceptors (Lipinski definition) is 6. The monoisotopic (exact) mass is 312 g/mol. The number of ketones is 1. The second-order valence-corrected chi connectivity index (χ2v) is 4.58. The molecule has 22 heavy (non-hydrogen) atoms. The molecule has 0 fully saturated rings. The SMILES string of the molecule is C=C(C(=O)OCCCC)C(OC(=O)CC(C)=O)=C(C)C(=O)O. The Labute approximate surface area is 128 Å². The maximum Gasteiger partial charge on any atom is 0.341 e. The second-order valence-electron chi connectivity index (χ2n) is 4.58. The van der Waals surface area contributed by atoms with Crippen molar-refractivity contribution in [3.05, 3.63) is 23.5 Å². The fraction of sp³-hybridized carbons (Fsp3) is 0.467. The van der Waals surface area contributed by atoms with Crippen LogP contribution in [0.1, 0.15) is 40.0 Å². The van der Waals surface area contributed by atoms with Crippen molar-refractivity contribution in [2.45, 2.75) is 40.0 Å². The van der Waals surface area contributed by atoms with E-state index in [9.17, 15) is 19.2 Å². The first-order valence-electron chi connectivity index (χ1n) is 6.71. The number of carboxylic acid groups (broad SMARTS) is 1. The van der Waals surface area contributed by atoms with Gasteiger partial charge in [-0.25, -0.2) is 9.59 Å². The highest BCUT2D eigenvalue weighted by atomic mass is 16.6. The number of carbonyl (C=O) groups is 4. The molecule has 0 heterocycles. The van der Waals surface area contributed by atoms with Crippen molar-refractivity contribution in [2.75, 3.05) is 6.61 Å².